The molecule has 2 fully saturated rings. The van der Waals surface area contributed by atoms with Crippen LogP contribution in [0.4, 0.5) is 5.82 Å². The number of carbonyl (C=O) groups is 1. The van der Waals surface area contributed by atoms with Crippen LogP contribution in [0.2, 0.25) is 0 Å². The molecule has 1 N–H and O–H groups in total. The Morgan fingerprint density at radius 2 is 2.16 bits per heavy atom. The molecule has 1 aromatic rings. The van der Waals surface area contributed by atoms with Crippen LogP contribution >= 0.6 is 0 Å². The molecule has 19 heavy (non-hydrogen) atoms. The van der Waals surface area contributed by atoms with Crippen molar-refractivity contribution in [2.45, 2.75) is 50.6 Å². The summed E-state index contributed by atoms with van der Waals surface area (Å²) >= 11 is 0. The van der Waals surface area contributed by atoms with E-state index < -0.39 is 0 Å². The van der Waals surface area contributed by atoms with E-state index in [4.69, 9.17) is 0 Å². The van der Waals surface area contributed by atoms with Gasteiger partial charge in [0.25, 0.3) is 0 Å². The fourth-order valence-corrected chi connectivity index (χ4v) is 2.97. The molecule has 1 aromatic heterocycles. The summed E-state index contributed by atoms with van der Waals surface area (Å²) in [5.74, 6) is 0.978. The monoisotopic (exact) mass is 259 g/mol. The van der Waals surface area contributed by atoms with Crippen LogP contribution in [-0.2, 0) is 4.79 Å². The molecule has 0 spiro atoms. The van der Waals surface area contributed by atoms with Crippen LogP contribution in [0.3, 0.4) is 0 Å². The summed E-state index contributed by atoms with van der Waals surface area (Å²) in [5.41, 5.74) is 1.18. The minimum absolute atomic E-state index is 0.197. The van der Waals surface area contributed by atoms with E-state index in [0.29, 0.717) is 6.04 Å². The standard InChI is InChI=1S/C15H21N3O/c19-11-18-10-2-1-8-14(18)13-7-4-9-16-15(13)17-12-5-3-6-12/h4,7,9,11-12,14H,1-3,5-6,8,10H2,(H,16,17)/t14-/m0/s1. The van der Waals surface area contributed by atoms with Crippen LogP contribution in [0.15, 0.2) is 18.3 Å². The van der Waals surface area contributed by atoms with Crippen molar-refractivity contribution in [3.63, 3.8) is 0 Å². The number of amides is 1. The molecule has 1 saturated carbocycles. The molecule has 0 unspecified atom stereocenters. The van der Waals surface area contributed by atoms with Gasteiger partial charge < -0.3 is 10.2 Å². The summed E-state index contributed by atoms with van der Waals surface area (Å²) in [6.45, 7) is 0.867. The Hall–Kier alpha value is -1.58. The van der Waals surface area contributed by atoms with Gasteiger partial charge in [-0.05, 0) is 44.6 Å². The quantitative estimate of drug-likeness (QED) is 0.846. The topological polar surface area (TPSA) is 45.2 Å². The molecule has 0 aromatic carbocycles. The van der Waals surface area contributed by atoms with Crippen LogP contribution < -0.4 is 5.32 Å². The number of nitrogens with zero attached hydrogens (tertiary/aromatic N) is 2. The molecular formula is C15H21N3O. The summed E-state index contributed by atoms with van der Waals surface area (Å²) < 4.78 is 0. The van der Waals surface area contributed by atoms with Crippen LogP contribution in [0.25, 0.3) is 0 Å². The molecule has 1 aliphatic heterocycles. The largest absolute Gasteiger partial charge is 0.367 e. The number of pyridine rings is 1. The number of hydrogen-bond acceptors (Lipinski definition) is 3. The van der Waals surface area contributed by atoms with Gasteiger partial charge in [-0.2, -0.15) is 0 Å². The number of aromatic nitrogens is 1. The first-order valence-electron chi connectivity index (χ1n) is 7.31. The van der Waals surface area contributed by atoms with E-state index in [0.717, 1.165) is 31.6 Å². The molecule has 4 heteroatoms. The van der Waals surface area contributed by atoms with E-state index in [2.05, 4.69) is 16.4 Å². The smallest absolute Gasteiger partial charge is 0.210 e. The number of piperidine rings is 1. The number of likely N-dealkylation sites (tertiary alicyclic amines) is 1. The van der Waals surface area contributed by atoms with E-state index in [1.165, 1.54) is 31.2 Å². The Morgan fingerprint density at radius 1 is 1.26 bits per heavy atom. The van der Waals surface area contributed by atoms with Crippen LogP contribution in [-0.4, -0.2) is 28.9 Å². The van der Waals surface area contributed by atoms with Crippen molar-refractivity contribution in [1.29, 1.82) is 0 Å². The van der Waals surface area contributed by atoms with Crippen molar-refractivity contribution in [1.82, 2.24) is 9.88 Å². The number of anilines is 1. The molecule has 0 bridgehead atoms. The van der Waals surface area contributed by atoms with E-state index in [1.54, 1.807) is 0 Å². The Morgan fingerprint density at radius 3 is 2.89 bits per heavy atom. The molecule has 2 aliphatic rings. The van der Waals surface area contributed by atoms with E-state index in [-0.39, 0.29) is 6.04 Å². The molecule has 2 heterocycles. The van der Waals surface area contributed by atoms with Crippen molar-refractivity contribution in [3.8, 4) is 0 Å². The van der Waals surface area contributed by atoms with Gasteiger partial charge in [0.1, 0.15) is 5.82 Å². The maximum absolute atomic E-state index is 11.2. The van der Waals surface area contributed by atoms with Gasteiger partial charge in [0.05, 0.1) is 6.04 Å². The first-order valence-corrected chi connectivity index (χ1v) is 7.31. The lowest BCUT2D eigenvalue weighted by Crippen LogP contribution is -2.34. The summed E-state index contributed by atoms with van der Waals surface area (Å²) in [4.78, 5) is 17.6. The van der Waals surface area contributed by atoms with Gasteiger partial charge in [0, 0.05) is 24.3 Å². The lowest BCUT2D eigenvalue weighted by molar-refractivity contribution is -0.121. The second-order valence-corrected chi connectivity index (χ2v) is 5.57. The zero-order valence-corrected chi connectivity index (χ0v) is 11.2. The summed E-state index contributed by atoms with van der Waals surface area (Å²) in [6.07, 6.45) is 9.94. The number of carbonyl (C=O) groups excluding carboxylic acids is 1. The molecule has 3 rings (SSSR count). The third-order valence-electron chi connectivity index (χ3n) is 4.32. The lowest BCUT2D eigenvalue weighted by atomic mass is 9.92. The predicted molar refractivity (Wildman–Crippen MR) is 74.9 cm³/mol. The molecule has 102 valence electrons. The highest BCUT2D eigenvalue weighted by Crippen LogP contribution is 2.34. The normalized spacial score (nSPS) is 23.8. The predicted octanol–water partition coefficient (Wildman–Crippen LogP) is 2.73. The maximum Gasteiger partial charge on any atom is 0.210 e. The zero-order valence-electron chi connectivity index (χ0n) is 11.2. The van der Waals surface area contributed by atoms with Crippen molar-refractivity contribution < 1.29 is 4.79 Å². The fourth-order valence-electron chi connectivity index (χ4n) is 2.97. The molecular weight excluding hydrogens is 238 g/mol. The van der Waals surface area contributed by atoms with Gasteiger partial charge in [-0.1, -0.05) is 6.07 Å². The Kier molecular flexibility index (Phi) is 3.67. The van der Waals surface area contributed by atoms with Crippen molar-refractivity contribution in [2.75, 3.05) is 11.9 Å². The van der Waals surface area contributed by atoms with Crippen LogP contribution in [0.1, 0.15) is 50.1 Å². The zero-order chi connectivity index (χ0) is 13.1. The summed E-state index contributed by atoms with van der Waals surface area (Å²) in [5, 5.41) is 3.54. The van der Waals surface area contributed by atoms with Crippen LogP contribution in [0, 0.1) is 0 Å². The fraction of sp³-hybridized carbons (Fsp3) is 0.600. The summed E-state index contributed by atoms with van der Waals surface area (Å²) in [7, 11) is 0. The third kappa shape index (κ3) is 2.57. The van der Waals surface area contributed by atoms with Crippen molar-refractivity contribution in [3.05, 3.63) is 23.9 Å². The van der Waals surface area contributed by atoms with Crippen molar-refractivity contribution in [2.24, 2.45) is 0 Å². The molecule has 1 amide bonds. The highest BCUT2D eigenvalue weighted by Gasteiger charge is 2.26. The first-order chi connectivity index (χ1) is 9.38. The molecule has 0 radical (unpaired) electrons. The highest BCUT2D eigenvalue weighted by molar-refractivity contribution is 5.53. The lowest BCUT2D eigenvalue weighted by Gasteiger charge is -2.35. The van der Waals surface area contributed by atoms with Gasteiger partial charge in [-0.25, -0.2) is 4.98 Å². The Bertz CT molecular complexity index is 445. The molecule has 1 saturated heterocycles. The maximum atomic E-state index is 11.2. The highest BCUT2D eigenvalue weighted by atomic mass is 16.1. The Balaban J connectivity index is 1.83. The number of rotatable bonds is 4. The first kappa shape index (κ1) is 12.5. The van der Waals surface area contributed by atoms with Crippen molar-refractivity contribution >= 4 is 12.2 Å². The van der Waals surface area contributed by atoms with Gasteiger partial charge in [-0.15, -0.1) is 0 Å². The summed E-state index contributed by atoms with van der Waals surface area (Å²) in [6, 6.07) is 4.85. The van der Waals surface area contributed by atoms with Gasteiger partial charge in [0.2, 0.25) is 6.41 Å². The van der Waals surface area contributed by atoms with E-state index >= 15 is 0 Å². The second-order valence-electron chi connectivity index (χ2n) is 5.57. The van der Waals surface area contributed by atoms with Gasteiger partial charge in [0.15, 0.2) is 0 Å². The molecule has 4 nitrogen and oxygen atoms in total. The van der Waals surface area contributed by atoms with Crippen LogP contribution in [0.5, 0.6) is 0 Å². The van der Waals surface area contributed by atoms with E-state index in [1.807, 2.05) is 17.2 Å². The third-order valence-corrected chi connectivity index (χ3v) is 4.32. The van der Waals surface area contributed by atoms with E-state index in [9.17, 15) is 4.79 Å². The minimum Gasteiger partial charge on any atom is -0.367 e. The Labute approximate surface area is 114 Å². The molecule has 1 aliphatic carbocycles. The number of nitrogens with one attached hydrogen (secondary N) is 1. The average molecular weight is 259 g/mol. The van der Waals surface area contributed by atoms with Gasteiger partial charge >= 0.3 is 0 Å². The number of hydrogen-bond donors (Lipinski definition) is 1. The minimum atomic E-state index is 0.197. The second kappa shape index (κ2) is 5.59. The van der Waals surface area contributed by atoms with Gasteiger partial charge in [-0.3, -0.25) is 4.79 Å². The SMILES string of the molecule is O=CN1CCCC[C@H]1c1cccnc1NC1CCC1. The average Bonchev–Trinajstić information content (AvgIpc) is 2.43. The molecule has 1 atom stereocenters.